The van der Waals surface area contributed by atoms with Crippen LogP contribution in [0.4, 0.5) is 5.69 Å². The number of hydrogen-bond donors (Lipinski definition) is 1. The van der Waals surface area contributed by atoms with Crippen molar-refractivity contribution >= 4 is 27.6 Å². The molecule has 1 aromatic rings. The summed E-state index contributed by atoms with van der Waals surface area (Å²) >= 11 is 0. The van der Waals surface area contributed by atoms with E-state index in [2.05, 4.69) is 5.32 Å². The van der Waals surface area contributed by atoms with Gasteiger partial charge in [-0.3, -0.25) is 9.59 Å². The third-order valence-electron chi connectivity index (χ3n) is 4.76. The molecule has 1 saturated carbocycles. The Balaban J connectivity index is 1.91. The summed E-state index contributed by atoms with van der Waals surface area (Å²) in [7, 11) is -3.60. The number of rotatable bonds is 9. The molecular weight excluding hydrogens is 368 g/mol. The molecule has 1 N–H and O–H groups in total. The van der Waals surface area contributed by atoms with Crippen LogP contribution in [-0.2, 0) is 24.3 Å². The summed E-state index contributed by atoms with van der Waals surface area (Å²) < 4.78 is 31.5. The zero-order chi connectivity index (χ0) is 19.9. The molecule has 0 radical (unpaired) electrons. The maximum Gasteiger partial charge on any atom is 0.306 e. The maximum atomic E-state index is 12.6. The molecule has 0 aliphatic heterocycles. The molecule has 0 bridgehead atoms. The van der Waals surface area contributed by atoms with Crippen LogP contribution in [0.1, 0.15) is 46.0 Å². The van der Waals surface area contributed by atoms with Gasteiger partial charge in [-0.2, -0.15) is 4.31 Å². The van der Waals surface area contributed by atoms with Crippen molar-refractivity contribution in [1.29, 1.82) is 0 Å². The quantitative estimate of drug-likeness (QED) is 0.648. The van der Waals surface area contributed by atoms with Gasteiger partial charge in [-0.25, -0.2) is 8.42 Å². The lowest BCUT2D eigenvalue weighted by Gasteiger charge is -2.18. The van der Waals surface area contributed by atoms with Crippen LogP contribution >= 0.6 is 0 Å². The first-order chi connectivity index (χ1) is 12.9. The van der Waals surface area contributed by atoms with Crippen molar-refractivity contribution < 1.29 is 22.7 Å². The summed E-state index contributed by atoms with van der Waals surface area (Å²) in [6.07, 6.45) is 4.71. The smallest absolute Gasteiger partial charge is 0.306 e. The van der Waals surface area contributed by atoms with Gasteiger partial charge in [0.15, 0.2) is 6.61 Å². The monoisotopic (exact) mass is 396 g/mol. The molecule has 1 amide bonds. The minimum atomic E-state index is -3.60. The van der Waals surface area contributed by atoms with Crippen molar-refractivity contribution in [2.45, 2.75) is 50.8 Å². The van der Waals surface area contributed by atoms with E-state index in [4.69, 9.17) is 4.74 Å². The van der Waals surface area contributed by atoms with Crippen LogP contribution in [0, 0.1) is 5.92 Å². The molecule has 0 saturated heterocycles. The molecule has 0 atom stereocenters. The predicted molar refractivity (Wildman–Crippen MR) is 103 cm³/mol. The van der Waals surface area contributed by atoms with E-state index in [9.17, 15) is 18.0 Å². The summed E-state index contributed by atoms with van der Waals surface area (Å²) in [6, 6.07) is 6.06. The average molecular weight is 397 g/mol. The van der Waals surface area contributed by atoms with E-state index in [1.54, 1.807) is 26.0 Å². The van der Waals surface area contributed by atoms with Gasteiger partial charge in [-0.05, 0) is 37.0 Å². The zero-order valence-electron chi connectivity index (χ0n) is 15.9. The van der Waals surface area contributed by atoms with Gasteiger partial charge in [0.2, 0.25) is 10.0 Å². The van der Waals surface area contributed by atoms with Crippen LogP contribution in [0.15, 0.2) is 29.2 Å². The first-order valence-electron chi connectivity index (χ1n) is 9.42. The number of anilines is 1. The molecule has 1 aliphatic rings. The molecule has 7 nitrogen and oxygen atoms in total. The first kappa shape index (κ1) is 21.4. The first-order valence-corrected chi connectivity index (χ1v) is 10.9. The molecule has 1 aromatic carbocycles. The Morgan fingerprint density at radius 1 is 1.19 bits per heavy atom. The Labute approximate surface area is 161 Å². The second kappa shape index (κ2) is 9.85. The molecule has 2 rings (SSSR count). The third-order valence-corrected chi connectivity index (χ3v) is 6.80. The van der Waals surface area contributed by atoms with E-state index >= 15 is 0 Å². The van der Waals surface area contributed by atoms with Gasteiger partial charge in [0, 0.05) is 25.2 Å². The molecule has 150 valence electrons. The van der Waals surface area contributed by atoms with Gasteiger partial charge in [0.05, 0.1) is 4.90 Å². The number of carbonyl (C=O) groups excluding carboxylic acids is 2. The zero-order valence-corrected chi connectivity index (χ0v) is 16.8. The number of benzene rings is 1. The van der Waals surface area contributed by atoms with Crippen LogP contribution in [0.5, 0.6) is 0 Å². The number of ether oxygens (including phenoxy) is 1. The van der Waals surface area contributed by atoms with Crippen molar-refractivity contribution in [2.24, 2.45) is 5.92 Å². The number of carbonyl (C=O) groups is 2. The van der Waals surface area contributed by atoms with Crippen molar-refractivity contribution in [3.8, 4) is 0 Å². The lowest BCUT2D eigenvalue weighted by Crippen LogP contribution is -2.30. The Bertz CT molecular complexity index is 753. The summed E-state index contributed by atoms with van der Waals surface area (Å²) in [4.78, 5) is 23.9. The second-order valence-corrected chi connectivity index (χ2v) is 8.62. The minimum Gasteiger partial charge on any atom is -0.456 e. The van der Waals surface area contributed by atoms with E-state index in [1.807, 2.05) is 0 Å². The highest BCUT2D eigenvalue weighted by molar-refractivity contribution is 7.89. The minimum absolute atomic E-state index is 0.113. The third kappa shape index (κ3) is 6.04. The molecule has 27 heavy (non-hydrogen) atoms. The fourth-order valence-electron chi connectivity index (χ4n) is 3.30. The lowest BCUT2D eigenvalue weighted by molar-refractivity contribution is -0.148. The van der Waals surface area contributed by atoms with Gasteiger partial charge in [-0.15, -0.1) is 0 Å². The molecule has 0 unspecified atom stereocenters. The van der Waals surface area contributed by atoms with Crippen LogP contribution in [-0.4, -0.2) is 44.3 Å². The summed E-state index contributed by atoms with van der Waals surface area (Å²) in [5.74, 6) is -0.496. The Morgan fingerprint density at radius 2 is 1.85 bits per heavy atom. The summed E-state index contributed by atoms with van der Waals surface area (Å²) in [6.45, 7) is 3.90. The highest BCUT2D eigenvalue weighted by atomic mass is 32.2. The topological polar surface area (TPSA) is 92.8 Å². The van der Waals surface area contributed by atoms with E-state index in [1.165, 1.54) is 16.4 Å². The SMILES string of the molecule is CCN(CC)S(=O)(=O)c1cccc(NC(=O)COC(=O)CC2CCCC2)c1. The molecule has 1 aliphatic carbocycles. The van der Waals surface area contributed by atoms with Gasteiger partial charge >= 0.3 is 5.97 Å². The van der Waals surface area contributed by atoms with Crippen molar-refractivity contribution in [3.05, 3.63) is 24.3 Å². The van der Waals surface area contributed by atoms with Gasteiger partial charge in [0.25, 0.3) is 5.91 Å². The van der Waals surface area contributed by atoms with Crippen molar-refractivity contribution in [2.75, 3.05) is 25.0 Å². The highest BCUT2D eigenvalue weighted by Crippen LogP contribution is 2.27. The van der Waals surface area contributed by atoms with E-state index in [0.29, 0.717) is 31.1 Å². The van der Waals surface area contributed by atoms with Crippen LogP contribution in [0.25, 0.3) is 0 Å². The number of hydrogen-bond acceptors (Lipinski definition) is 5. The fourth-order valence-corrected chi connectivity index (χ4v) is 4.80. The van der Waals surface area contributed by atoms with E-state index < -0.39 is 15.9 Å². The van der Waals surface area contributed by atoms with Gasteiger partial charge in [-0.1, -0.05) is 32.8 Å². The van der Waals surface area contributed by atoms with Crippen molar-refractivity contribution in [1.82, 2.24) is 4.31 Å². The number of esters is 1. The predicted octanol–water partition coefficient (Wildman–Crippen LogP) is 2.78. The van der Waals surface area contributed by atoms with Crippen LogP contribution in [0.3, 0.4) is 0 Å². The molecule has 1 fully saturated rings. The Hall–Kier alpha value is -1.93. The standard InChI is InChI=1S/C19H28N2O5S/c1-3-21(4-2)27(24,25)17-11-7-10-16(13-17)20-18(22)14-26-19(23)12-15-8-5-6-9-15/h7,10-11,13,15H,3-6,8-9,12,14H2,1-2H3,(H,20,22). The van der Waals surface area contributed by atoms with Gasteiger partial charge in [0.1, 0.15) is 0 Å². The Kier molecular flexibility index (Phi) is 7.79. The average Bonchev–Trinajstić information content (AvgIpc) is 3.14. The number of sulfonamides is 1. The van der Waals surface area contributed by atoms with Crippen LogP contribution in [0.2, 0.25) is 0 Å². The van der Waals surface area contributed by atoms with Gasteiger partial charge < -0.3 is 10.1 Å². The van der Waals surface area contributed by atoms with Crippen molar-refractivity contribution in [3.63, 3.8) is 0 Å². The molecule has 0 heterocycles. The number of nitrogens with zero attached hydrogens (tertiary/aromatic N) is 1. The number of nitrogens with one attached hydrogen (secondary N) is 1. The highest BCUT2D eigenvalue weighted by Gasteiger charge is 2.22. The largest absolute Gasteiger partial charge is 0.456 e. The molecule has 0 aromatic heterocycles. The number of amides is 1. The fraction of sp³-hybridized carbons (Fsp3) is 0.579. The molecule has 8 heteroatoms. The summed E-state index contributed by atoms with van der Waals surface area (Å²) in [5, 5.41) is 2.58. The van der Waals surface area contributed by atoms with E-state index in [0.717, 1.165) is 25.7 Å². The summed E-state index contributed by atoms with van der Waals surface area (Å²) in [5.41, 5.74) is 0.347. The lowest BCUT2D eigenvalue weighted by atomic mass is 10.1. The Morgan fingerprint density at radius 3 is 2.48 bits per heavy atom. The molecular formula is C19H28N2O5S. The normalized spacial score (nSPS) is 15.1. The molecule has 0 spiro atoms. The second-order valence-electron chi connectivity index (χ2n) is 6.68. The van der Waals surface area contributed by atoms with Crippen LogP contribution < -0.4 is 5.32 Å². The maximum absolute atomic E-state index is 12.6. The van der Waals surface area contributed by atoms with E-state index in [-0.39, 0.29) is 17.5 Å².